The number of hydrogen-bond donors (Lipinski definition) is 1. The number of carboxylic acid groups (broad SMARTS) is 1. The molecule has 3 rings (SSSR count). The van der Waals surface area contributed by atoms with Crippen LogP contribution in [-0.4, -0.2) is 32.7 Å². The normalized spacial score (nSPS) is 25.3. The zero-order chi connectivity index (χ0) is 15.0. The number of aliphatic carboxylic acids is 1. The van der Waals surface area contributed by atoms with Crippen molar-refractivity contribution in [2.24, 2.45) is 0 Å². The van der Waals surface area contributed by atoms with E-state index in [2.05, 4.69) is 4.98 Å². The zero-order valence-corrected chi connectivity index (χ0v) is 12.3. The van der Waals surface area contributed by atoms with Gasteiger partial charge in [0.1, 0.15) is 5.54 Å². The highest BCUT2D eigenvalue weighted by Gasteiger charge is 2.48. The van der Waals surface area contributed by atoms with E-state index in [1.54, 1.807) is 21.9 Å². The van der Waals surface area contributed by atoms with Gasteiger partial charge in [0, 0.05) is 25.0 Å². The molecule has 1 aliphatic carbocycles. The Bertz CT molecular complexity index is 608. The Morgan fingerprint density at radius 3 is 2.90 bits per heavy atom. The van der Waals surface area contributed by atoms with Crippen molar-refractivity contribution in [1.29, 1.82) is 0 Å². The summed E-state index contributed by atoms with van der Waals surface area (Å²) >= 11 is 0. The maximum atomic E-state index is 12.6. The number of aromatic nitrogens is 2. The molecular formula is C15H21N3O3. The molecule has 1 aromatic heterocycles. The first-order chi connectivity index (χ1) is 10.1. The number of rotatable bonds is 5. The minimum Gasteiger partial charge on any atom is -0.479 e. The van der Waals surface area contributed by atoms with Crippen molar-refractivity contribution in [3.63, 3.8) is 0 Å². The van der Waals surface area contributed by atoms with E-state index in [4.69, 9.17) is 0 Å². The summed E-state index contributed by atoms with van der Waals surface area (Å²) in [5.74, 6) is -0.539. The molecular weight excluding hydrogens is 270 g/mol. The van der Waals surface area contributed by atoms with Crippen LogP contribution in [0.4, 0.5) is 5.82 Å². The van der Waals surface area contributed by atoms with Gasteiger partial charge >= 0.3 is 5.97 Å². The largest absolute Gasteiger partial charge is 0.479 e. The van der Waals surface area contributed by atoms with Gasteiger partial charge < -0.3 is 14.6 Å². The third kappa shape index (κ3) is 2.22. The first-order valence-corrected chi connectivity index (χ1v) is 7.68. The van der Waals surface area contributed by atoms with E-state index in [1.165, 1.54) is 0 Å². The van der Waals surface area contributed by atoms with Gasteiger partial charge in [0.25, 0.3) is 5.56 Å². The van der Waals surface area contributed by atoms with Crippen molar-refractivity contribution in [2.45, 2.75) is 57.0 Å². The molecule has 0 radical (unpaired) electrons. The van der Waals surface area contributed by atoms with E-state index in [9.17, 15) is 14.7 Å². The lowest BCUT2D eigenvalue weighted by atomic mass is 9.90. The van der Waals surface area contributed by atoms with Crippen molar-refractivity contribution >= 4 is 11.8 Å². The summed E-state index contributed by atoms with van der Waals surface area (Å²) in [6.45, 7) is 2.56. The maximum absolute atomic E-state index is 12.6. The van der Waals surface area contributed by atoms with Crippen LogP contribution in [0.5, 0.6) is 0 Å². The summed E-state index contributed by atoms with van der Waals surface area (Å²) in [6.07, 6.45) is 8.04. The molecule has 114 valence electrons. The van der Waals surface area contributed by atoms with Crippen molar-refractivity contribution in [3.05, 3.63) is 22.7 Å². The number of hydrogen-bond acceptors (Lipinski definition) is 4. The van der Waals surface area contributed by atoms with Crippen molar-refractivity contribution in [2.75, 3.05) is 11.4 Å². The highest BCUT2D eigenvalue weighted by atomic mass is 16.4. The lowest BCUT2D eigenvalue weighted by Gasteiger charge is -2.35. The van der Waals surface area contributed by atoms with Crippen LogP contribution in [0.15, 0.2) is 17.2 Å². The Morgan fingerprint density at radius 1 is 1.52 bits per heavy atom. The highest BCUT2D eigenvalue weighted by molar-refractivity contribution is 5.84. The van der Waals surface area contributed by atoms with Crippen LogP contribution in [0.2, 0.25) is 0 Å². The zero-order valence-electron chi connectivity index (χ0n) is 12.3. The second kappa shape index (κ2) is 5.16. The van der Waals surface area contributed by atoms with E-state index < -0.39 is 11.5 Å². The Balaban J connectivity index is 2.04. The quantitative estimate of drug-likeness (QED) is 0.895. The number of carbonyl (C=O) groups is 1. The molecule has 2 aliphatic rings. The van der Waals surface area contributed by atoms with E-state index >= 15 is 0 Å². The van der Waals surface area contributed by atoms with Crippen LogP contribution in [0, 0.1) is 0 Å². The van der Waals surface area contributed by atoms with Gasteiger partial charge in [-0.25, -0.2) is 9.78 Å². The Hall–Kier alpha value is -1.85. The average molecular weight is 291 g/mol. The standard InChI is InChI=1S/C15H21N3O3/c1-2-6-15(14(20)21)7-3-9-18(15)12-13(19)17(10-8-16-12)11-4-5-11/h8,10-11H,2-7,9H2,1H3,(H,20,21). The molecule has 0 spiro atoms. The fourth-order valence-corrected chi connectivity index (χ4v) is 3.43. The van der Waals surface area contributed by atoms with Crippen LogP contribution in [-0.2, 0) is 4.79 Å². The van der Waals surface area contributed by atoms with Gasteiger partial charge in [-0.15, -0.1) is 0 Å². The first-order valence-electron chi connectivity index (χ1n) is 7.68. The lowest BCUT2D eigenvalue weighted by Crippen LogP contribution is -2.53. The third-order valence-corrected chi connectivity index (χ3v) is 4.60. The summed E-state index contributed by atoms with van der Waals surface area (Å²) in [4.78, 5) is 30.4. The van der Waals surface area contributed by atoms with Gasteiger partial charge in [-0.2, -0.15) is 0 Å². The second-order valence-corrected chi connectivity index (χ2v) is 6.04. The predicted molar refractivity (Wildman–Crippen MR) is 78.6 cm³/mol. The van der Waals surface area contributed by atoms with Crippen molar-refractivity contribution in [1.82, 2.24) is 9.55 Å². The molecule has 21 heavy (non-hydrogen) atoms. The third-order valence-electron chi connectivity index (χ3n) is 4.60. The fourth-order valence-electron chi connectivity index (χ4n) is 3.43. The van der Waals surface area contributed by atoms with Gasteiger partial charge in [0.05, 0.1) is 0 Å². The SMILES string of the molecule is CCCC1(C(=O)O)CCCN1c1nccn(C2CC2)c1=O. The summed E-state index contributed by atoms with van der Waals surface area (Å²) in [5.41, 5.74) is -1.12. The molecule has 1 atom stereocenters. The molecule has 1 saturated heterocycles. The average Bonchev–Trinajstić information content (AvgIpc) is 3.20. The summed E-state index contributed by atoms with van der Waals surface area (Å²) < 4.78 is 1.71. The highest BCUT2D eigenvalue weighted by Crippen LogP contribution is 2.37. The minimum absolute atomic E-state index is 0.149. The minimum atomic E-state index is -0.969. The maximum Gasteiger partial charge on any atom is 0.329 e. The molecule has 1 unspecified atom stereocenters. The molecule has 1 aliphatic heterocycles. The Morgan fingerprint density at radius 2 is 2.29 bits per heavy atom. The molecule has 6 nitrogen and oxygen atoms in total. The lowest BCUT2D eigenvalue weighted by molar-refractivity contribution is -0.143. The smallest absolute Gasteiger partial charge is 0.329 e. The number of carboxylic acids is 1. The number of nitrogens with zero attached hydrogens (tertiary/aromatic N) is 3. The molecule has 2 heterocycles. The predicted octanol–water partition coefficient (Wildman–Crippen LogP) is 1.80. The van der Waals surface area contributed by atoms with Crippen molar-refractivity contribution < 1.29 is 9.90 Å². The molecule has 0 bridgehead atoms. The monoisotopic (exact) mass is 291 g/mol. The van der Waals surface area contributed by atoms with Crippen LogP contribution in [0.3, 0.4) is 0 Å². The van der Waals surface area contributed by atoms with E-state index in [0.29, 0.717) is 25.2 Å². The molecule has 2 fully saturated rings. The van der Waals surface area contributed by atoms with Gasteiger partial charge in [-0.3, -0.25) is 4.79 Å². The second-order valence-electron chi connectivity index (χ2n) is 6.04. The van der Waals surface area contributed by atoms with Crippen LogP contribution in [0.1, 0.15) is 51.5 Å². The van der Waals surface area contributed by atoms with Crippen LogP contribution in [0.25, 0.3) is 0 Å². The van der Waals surface area contributed by atoms with Gasteiger partial charge in [-0.05, 0) is 32.1 Å². The molecule has 0 amide bonds. The molecule has 1 aromatic rings. The summed E-state index contributed by atoms with van der Waals surface area (Å²) in [5, 5.41) is 9.73. The fraction of sp³-hybridized carbons (Fsp3) is 0.667. The van der Waals surface area contributed by atoms with Crippen LogP contribution < -0.4 is 10.5 Å². The topological polar surface area (TPSA) is 75.4 Å². The number of anilines is 1. The van der Waals surface area contributed by atoms with Crippen molar-refractivity contribution in [3.8, 4) is 0 Å². The molecule has 1 N–H and O–H groups in total. The first kappa shape index (κ1) is 14.1. The van der Waals surface area contributed by atoms with Gasteiger partial charge in [-0.1, -0.05) is 13.3 Å². The van der Waals surface area contributed by atoms with Gasteiger partial charge in [0.15, 0.2) is 5.82 Å². The van der Waals surface area contributed by atoms with Crippen LogP contribution >= 0.6 is 0 Å². The molecule has 0 aromatic carbocycles. The Kier molecular flexibility index (Phi) is 3.47. The van der Waals surface area contributed by atoms with Gasteiger partial charge in [0.2, 0.25) is 0 Å². The van der Waals surface area contributed by atoms with E-state index in [1.807, 2.05) is 6.92 Å². The molecule has 6 heteroatoms. The van der Waals surface area contributed by atoms with E-state index in [-0.39, 0.29) is 11.6 Å². The summed E-state index contributed by atoms with van der Waals surface area (Å²) in [6, 6.07) is 0.271. The molecule has 1 saturated carbocycles. The summed E-state index contributed by atoms with van der Waals surface area (Å²) in [7, 11) is 0. The Labute approximate surface area is 123 Å². The van der Waals surface area contributed by atoms with E-state index in [0.717, 1.165) is 25.7 Å².